The van der Waals surface area contributed by atoms with Gasteiger partial charge in [-0.3, -0.25) is 4.90 Å². The maximum Gasteiger partial charge on any atom is 0.169 e. The van der Waals surface area contributed by atoms with Crippen molar-refractivity contribution < 1.29 is 9.47 Å². The van der Waals surface area contributed by atoms with Crippen LogP contribution in [0.25, 0.3) is 0 Å². The molecule has 1 rings (SSSR count). The van der Waals surface area contributed by atoms with E-state index >= 15 is 0 Å². The fourth-order valence-electron chi connectivity index (χ4n) is 1.27. The second kappa shape index (κ2) is 6.60. The molecule has 0 N–H and O–H groups in total. The first-order valence-electron chi connectivity index (χ1n) is 4.62. The van der Waals surface area contributed by atoms with E-state index in [1.807, 2.05) is 0 Å². The van der Waals surface area contributed by atoms with Gasteiger partial charge in [0, 0.05) is 42.0 Å². The van der Waals surface area contributed by atoms with E-state index in [-0.39, 0.29) is 6.29 Å². The lowest BCUT2D eigenvalue weighted by atomic mass is 10.4. The lowest BCUT2D eigenvalue weighted by Gasteiger charge is -2.21. The third-order valence-electron chi connectivity index (χ3n) is 2.03. The predicted octanol–water partition coefficient (Wildman–Crippen LogP) is 2.56. The van der Waals surface area contributed by atoms with E-state index in [1.54, 1.807) is 25.6 Å². The highest BCUT2D eigenvalue weighted by Gasteiger charge is 2.10. The van der Waals surface area contributed by atoms with Crippen LogP contribution in [0.15, 0.2) is 15.9 Å². The highest BCUT2D eigenvalue weighted by atomic mass is 79.9. The van der Waals surface area contributed by atoms with Crippen LogP contribution in [-0.4, -0.2) is 39.0 Å². The van der Waals surface area contributed by atoms with Crippen molar-refractivity contribution in [1.82, 2.24) is 4.90 Å². The number of methoxy groups -OCH3 is 2. The first-order chi connectivity index (χ1) is 7.15. The van der Waals surface area contributed by atoms with E-state index in [4.69, 9.17) is 9.47 Å². The van der Waals surface area contributed by atoms with Gasteiger partial charge in [0.2, 0.25) is 0 Å². The minimum absolute atomic E-state index is 0.154. The Balaban J connectivity index is 2.38. The van der Waals surface area contributed by atoms with E-state index in [0.29, 0.717) is 0 Å². The molecule has 15 heavy (non-hydrogen) atoms. The number of hydrogen-bond acceptors (Lipinski definition) is 4. The number of likely N-dealkylation sites (N-methyl/N-ethyl adjacent to an activating group) is 1. The number of ether oxygens (including phenoxy) is 2. The molecule has 0 spiro atoms. The molecule has 3 nitrogen and oxygen atoms in total. The van der Waals surface area contributed by atoms with Crippen molar-refractivity contribution in [3.63, 3.8) is 0 Å². The van der Waals surface area contributed by atoms with E-state index in [1.165, 1.54) is 4.88 Å². The summed E-state index contributed by atoms with van der Waals surface area (Å²) in [6.45, 7) is 1.68. The Kier molecular flexibility index (Phi) is 5.78. The van der Waals surface area contributed by atoms with Crippen molar-refractivity contribution in [3.8, 4) is 0 Å². The Morgan fingerprint density at radius 3 is 2.60 bits per heavy atom. The van der Waals surface area contributed by atoms with Crippen molar-refractivity contribution in [2.24, 2.45) is 0 Å². The minimum Gasteiger partial charge on any atom is -0.355 e. The fourth-order valence-corrected chi connectivity index (χ4v) is 2.80. The van der Waals surface area contributed by atoms with Crippen LogP contribution in [0.5, 0.6) is 0 Å². The molecule has 0 unspecified atom stereocenters. The Hall–Kier alpha value is 0.0600. The SMILES string of the molecule is COC(CN(C)Cc1cc(Br)cs1)OC. The van der Waals surface area contributed by atoms with Crippen LogP contribution < -0.4 is 0 Å². The summed E-state index contributed by atoms with van der Waals surface area (Å²) in [5.74, 6) is 0. The molecule has 1 heterocycles. The lowest BCUT2D eigenvalue weighted by Crippen LogP contribution is -2.31. The molecule has 86 valence electrons. The molecule has 0 radical (unpaired) electrons. The average molecular weight is 294 g/mol. The summed E-state index contributed by atoms with van der Waals surface area (Å²) >= 11 is 5.19. The molecular weight excluding hydrogens is 278 g/mol. The molecule has 0 saturated heterocycles. The van der Waals surface area contributed by atoms with Gasteiger partial charge in [-0.15, -0.1) is 11.3 Å². The van der Waals surface area contributed by atoms with E-state index < -0.39 is 0 Å². The van der Waals surface area contributed by atoms with Crippen LogP contribution in [0.2, 0.25) is 0 Å². The Bertz CT molecular complexity index is 289. The van der Waals surface area contributed by atoms with Crippen LogP contribution in [0, 0.1) is 0 Å². The zero-order valence-electron chi connectivity index (χ0n) is 9.20. The quantitative estimate of drug-likeness (QED) is 0.753. The van der Waals surface area contributed by atoms with Gasteiger partial charge in [0.1, 0.15) is 0 Å². The zero-order valence-corrected chi connectivity index (χ0v) is 11.6. The Labute approximate surface area is 103 Å². The largest absolute Gasteiger partial charge is 0.355 e. The first-order valence-corrected chi connectivity index (χ1v) is 6.30. The summed E-state index contributed by atoms with van der Waals surface area (Å²) in [5.41, 5.74) is 0. The van der Waals surface area contributed by atoms with Gasteiger partial charge in [0.15, 0.2) is 6.29 Å². The highest BCUT2D eigenvalue weighted by Crippen LogP contribution is 2.20. The lowest BCUT2D eigenvalue weighted by molar-refractivity contribution is -0.114. The molecule has 1 aromatic rings. The average Bonchev–Trinajstić information content (AvgIpc) is 2.60. The van der Waals surface area contributed by atoms with Gasteiger partial charge in [0.05, 0.1) is 0 Å². The van der Waals surface area contributed by atoms with E-state index in [2.05, 4.69) is 39.3 Å². The third kappa shape index (κ3) is 4.61. The third-order valence-corrected chi connectivity index (χ3v) is 3.72. The normalized spacial score (nSPS) is 11.6. The zero-order chi connectivity index (χ0) is 11.3. The van der Waals surface area contributed by atoms with Gasteiger partial charge in [0.25, 0.3) is 0 Å². The summed E-state index contributed by atoms with van der Waals surface area (Å²) in [5, 5.41) is 2.09. The maximum absolute atomic E-state index is 5.14. The summed E-state index contributed by atoms with van der Waals surface area (Å²) in [6.07, 6.45) is -0.154. The molecule has 0 amide bonds. The van der Waals surface area contributed by atoms with Crippen molar-refractivity contribution >= 4 is 27.3 Å². The maximum atomic E-state index is 5.14. The molecule has 0 atom stereocenters. The smallest absolute Gasteiger partial charge is 0.169 e. The highest BCUT2D eigenvalue weighted by molar-refractivity contribution is 9.10. The number of thiophene rings is 1. The van der Waals surface area contributed by atoms with E-state index in [9.17, 15) is 0 Å². The summed E-state index contributed by atoms with van der Waals surface area (Å²) in [6, 6.07) is 2.13. The molecule has 0 aliphatic heterocycles. The van der Waals surface area contributed by atoms with Crippen molar-refractivity contribution in [2.45, 2.75) is 12.8 Å². The van der Waals surface area contributed by atoms with Gasteiger partial charge >= 0.3 is 0 Å². The van der Waals surface area contributed by atoms with Crippen LogP contribution >= 0.6 is 27.3 Å². The van der Waals surface area contributed by atoms with Crippen molar-refractivity contribution in [2.75, 3.05) is 27.8 Å². The molecule has 0 aromatic carbocycles. The molecule has 0 saturated carbocycles. The molecule has 1 aromatic heterocycles. The second-order valence-electron chi connectivity index (χ2n) is 3.33. The van der Waals surface area contributed by atoms with Gasteiger partial charge in [-0.05, 0) is 29.0 Å². The van der Waals surface area contributed by atoms with Crippen molar-refractivity contribution in [1.29, 1.82) is 0 Å². The topological polar surface area (TPSA) is 21.7 Å². The summed E-state index contributed by atoms with van der Waals surface area (Å²) in [4.78, 5) is 3.51. The summed E-state index contributed by atoms with van der Waals surface area (Å²) < 4.78 is 11.4. The number of nitrogens with zero attached hydrogens (tertiary/aromatic N) is 1. The molecule has 0 aliphatic rings. The van der Waals surface area contributed by atoms with Crippen LogP contribution in [0.4, 0.5) is 0 Å². The second-order valence-corrected chi connectivity index (χ2v) is 5.24. The van der Waals surface area contributed by atoms with Crippen LogP contribution in [0.3, 0.4) is 0 Å². The number of halogens is 1. The first kappa shape index (κ1) is 13.1. The molecular formula is C10H16BrNO2S. The molecule has 0 bridgehead atoms. The summed E-state index contributed by atoms with van der Waals surface area (Å²) in [7, 11) is 5.37. The Morgan fingerprint density at radius 1 is 1.47 bits per heavy atom. The number of hydrogen-bond donors (Lipinski definition) is 0. The van der Waals surface area contributed by atoms with Gasteiger partial charge < -0.3 is 9.47 Å². The monoisotopic (exact) mass is 293 g/mol. The standard InChI is InChI=1S/C10H16BrNO2S/c1-12(6-10(13-2)14-3)5-9-4-8(11)7-15-9/h4,7,10H,5-6H2,1-3H3. The van der Waals surface area contributed by atoms with Crippen LogP contribution in [0.1, 0.15) is 4.88 Å². The van der Waals surface area contributed by atoms with Crippen molar-refractivity contribution in [3.05, 3.63) is 20.8 Å². The van der Waals surface area contributed by atoms with Gasteiger partial charge in [-0.2, -0.15) is 0 Å². The molecule has 0 aliphatic carbocycles. The minimum atomic E-state index is -0.154. The fraction of sp³-hybridized carbons (Fsp3) is 0.600. The Morgan fingerprint density at radius 2 is 2.13 bits per heavy atom. The van der Waals surface area contributed by atoms with E-state index in [0.717, 1.165) is 17.6 Å². The predicted molar refractivity (Wildman–Crippen MR) is 66.2 cm³/mol. The molecule has 0 fully saturated rings. The van der Waals surface area contributed by atoms with Gasteiger partial charge in [-0.25, -0.2) is 0 Å². The van der Waals surface area contributed by atoms with Gasteiger partial charge in [-0.1, -0.05) is 0 Å². The number of rotatable bonds is 6. The molecule has 5 heteroatoms. The van der Waals surface area contributed by atoms with Crippen LogP contribution in [-0.2, 0) is 16.0 Å².